The minimum atomic E-state index is -0.864. The largest absolute Gasteiger partial charge is 0.394 e. The summed E-state index contributed by atoms with van der Waals surface area (Å²) in [5.41, 5.74) is 6.12. The van der Waals surface area contributed by atoms with Crippen molar-refractivity contribution in [2.75, 3.05) is 6.61 Å². The molecule has 236 valence electrons. The molecule has 0 spiro atoms. The van der Waals surface area contributed by atoms with E-state index in [-0.39, 0.29) is 18.6 Å². The van der Waals surface area contributed by atoms with Crippen LogP contribution in [-0.4, -0.2) is 48.8 Å². The third-order valence-corrected chi connectivity index (χ3v) is 8.73. The molecule has 0 aliphatic carbocycles. The van der Waals surface area contributed by atoms with Gasteiger partial charge in [0.05, 0.1) is 12.6 Å². The molecule has 0 fully saturated rings. The van der Waals surface area contributed by atoms with Gasteiger partial charge in [0.15, 0.2) is 5.82 Å². The van der Waals surface area contributed by atoms with E-state index in [1.54, 1.807) is 4.90 Å². The van der Waals surface area contributed by atoms with Crippen molar-refractivity contribution >= 4 is 5.91 Å². The molecule has 0 aliphatic heterocycles. The van der Waals surface area contributed by atoms with Crippen LogP contribution >= 0.6 is 0 Å². The zero-order valence-corrected chi connectivity index (χ0v) is 26.8. The first-order valence-corrected chi connectivity index (χ1v) is 16.1. The number of hydrogen-bond acceptors (Lipinski definition) is 5. The summed E-state index contributed by atoms with van der Waals surface area (Å²) in [7, 11) is 0. The van der Waals surface area contributed by atoms with Gasteiger partial charge in [-0.25, -0.2) is 4.68 Å². The van der Waals surface area contributed by atoms with Gasteiger partial charge in [-0.05, 0) is 57.2 Å². The highest BCUT2D eigenvalue weighted by Gasteiger charge is 2.42. The Kier molecular flexibility index (Phi) is 9.64. The average Bonchev–Trinajstić information content (AvgIpc) is 3.62. The number of aromatic nitrogens is 4. The van der Waals surface area contributed by atoms with Gasteiger partial charge < -0.3 is 10.0 Å². The van der Waals surface area contributed by atoms with E-state index in [0.29, 0.717) is 18.8 Å². The molecule has 0 saturated heterocycles. The topological polar surface area (TPSA) is 84.1 Å². The van der Waals surface area contributed by atoms with Crippen LogP contribution in [0.4, 0.5) is 0 Å². The SMILES string of the molecule is CCCC(=O)N(Cc1ccc(-c2ccccc2-c2nnnn2C(c2ccccc2)(c2ccccc2)c2ccccc2)cc1)C(C)CO. The molecule has 0 bridgehead atoms. The molecule has 6 rings (SSSR count). The molecular formula is C40H39N5O2. The van der Waals surface area contributed by atoms with Gasteiger partial charge in [-0.15, -0.1) is 5.10 Å². The van der Waals surface area contributed by atoms with Crippen molar-refractivity contribution in [1.82, 2.24) is 25.1 Å². The molecule has 7 heteroatoms. The third-order valence-electron chi connectivity index (χ3n) is 8.73. The van der Waals surface area contributed by atoms with Gasteiger partial charge in [-0.2, -0.15) is 0 Å². The van der Waals surface area contributed by atoms with Crippen LogP contribution in [0.3, 0.4) is 0 Å². The molecule has 0 saturated carbocycles. The maximum absolute atomic E-state index is 12.8. The number of tetrazole rings is 1. The maximum Gasteiger partial charge on any atom is 0.223 e. The van der Waals surface area contributed by atoms with E-state index in [1.165, 1.54) is 0 Å². The number of hydrogen-bond donors (Lipinski definition) is 1. The van der Waals surface area contributed by atoms with E-state index in [9.17, 15) is 9.90 Å². The van der Waals surface area contributed by atoms with Crippen LogP contribution in [0, 0.1) is 0 Å². The number of carbonyl (C=O) groups excluding carboxylic acids is 1. The minimum absolute atomic E-state index is 0.0500. The quantitative estimate of drug-likeness (QED) is 0.144. The van der Waals surface area contributed by atoms with Crippen molar-refractivity contribution in [3.8, 4) is 22.5 Å². The van der Waals surface area contributed by atoms with Crippen molar-refractivity contribution < 1.29 is 9.90 Å². The minimum Gasteiger partial charge on any atom is -0.394 e. The summed E-state index contributed by atoms with van der Waals surface area (Å²) in [6.45, 7) is 4.23. The van der Waals surface area contributed by atoms with Crippen LogP contribution in [-0.2, 0) is 16.9 Å². The number of benzene rings is 5. The van der Waals surface area contributed by atoms with E-state index < -0.39 is 5.54 Å². The predicted octanol–water partition coefficient (Wildman–Crippen LogP) is 7.36. The summed E-state index contributed by atoms with van der Waals surface area (Å²) in [5.74, 6) is 0.684. The summed E-state index contributed by atoms with van der Waals surface area (Å²) in [6, 6.07) is 47.3. The Bertz CT molecular complexity index is 1790. The second kappa shape index (κ2) is 14.4. The molecule has 0 aliphatic rings. The van der Waals surface area contributed by atoms with E-state index in [1.807, 2.05) is 97.4 Å². The molecule has 7 nitrogen and oxygen atoms in total. The molecule has 1 amide bonds. The maximum atomic E-state index is 12.8. The van der Waals surface area contributed by atoms with Crippen molar-refractivity contribution in [3.63, 3.8) is 0 Å². The highest BCUT2D eigenvalue weighted by Crippen LogP contribution is 2.43. The van der Waals surface area contributed by atoms with Gasteiger partial charge in [-0.1, -0.05) is 146 Å². The van der Waals surface area contributed by atoms with Crippen LogP contribution in [0.5, 0.6) is 0 Å². The average molecular weight is 622 g/mol. The summed E-state index contributed by atoms with van der Waals surface area (Å²) >= 11 is 0. The number of aliphatic hydroxyl groups is 1. The van der Waals surface area contributed by atoms with Crippen molar-refractivity contribution in [1.29, 1.82) is 0 Å². The molecule has 47 heavy (non-hydrogen) atoms. The van der Waals surface area contributed by atoms with Gasteiger partial charge in [0.25, 0.3) is 0 Å². The Morgan fingerprint density at radius 2 is 1.26 bits per heavy atom. The lowest BCUT2D eigenvalue weighted by Crippen LogP contribution is -2.40. The third kappa shape index (κ3) is 6.22. The molecule has 1 atom stereocenters. The van der Waals surface area contributed by atoms with E-state index >= 15 is 0 Å². The number of rotatable bonds is 12. The fraction of sp³-hybridized carbons (Fsp3) is 0.200. The van der Waals surface area contributed by atoms with Crippen LogP contribution in [0.25, 0.3) is 22.5 Å². The van der Waals surface area contributed by atoms with Gasteiger partial charge in [0.2, 0.25) is 5.91 Å². The van der Waals surface area contributed by atoms with E-state index in [0.717, 1.165) is 45.4 Å². The molecule has 0 radical (unpaired) electrons. The Hall–Kier alpha value is -5.40. The number of carbonyl (C=O) groups is 1. The van der Waals surface area contributed by atoms with Crippen molar-refractivity contribution in [3.05, 3.63) is 162 Å². The smallest absolute Gasteiger partial charge is 0.223 e. The Balaban J connectivity index is 1.47. The Morgan fingerprint density at radius 1 is 0.745 bits per heavy atom. The fourth-order valence-electron chi connectivity index (χ4n) is 6.35. The summed E-state index contributed by atoms with van der Waals surface area (Å²) in [6.07, 6.45) is 1.23. The fourth-order valence-corrected chi connectivity index (χ4v) is 6.35. The monoisotopic (exact) mass is 621 g/mol. The highest BCUT2D eigenvalue weighted by molar-refractivity contribution is 5.81. The Labute approximate surface area is 276 Å². The Morgan fingerprint density at radius 3 is 1.77 bits per heavy atom. The van der Waals surface area contributed by atoms with Gasteiger partial charge in [0.1, 0.15) is 5.54 Å². The number of nitrogens with zero attached hydrogens (tertiary/aromatic N) is 5. The summed E-state index contributed by atoms with van der Waals surface area (Å²) in [4.78, 5) is 14.6. The zero-order chi connectivity index (χ0) is 32.6. The lowest BCUT2D eigenvalue weighted by molar-refractivity contribution is -0.134. The molecule has 1 unspecified atom stereocenters. The first kappa shape index (κ1) is 31.6. The van der Waals surface area contributed by atoms with E-state index in [2.05, 4.69) is 71.0 Å². The highest BCUT2D eigenvalue weighted by atomic mass is 16.3. The lowest BCUT2D eigenvalue weighted by atomic mass is 9.77. The molecule has 1 N–H and O–H groups in total. The summed E-state index contributed by atoms with van der Waals surface area (Å²) < 4.78 is 1.95. The van der Waals surface area contributed by atoms with Crippen molar-refractivity contribution in [2.24, 2.45) is 0 Å². The van der Waals surface area contributed by atoms with Gasteiger partial charge in [0, 0.05) is 18.5 Å². The second-order valence-corrected chi connectivity index (χ2v) is 11.8. The van der Waals surface area contributed by atoms with Crippen LogP contribution in [0.15, 0.2) is 140 Å². The van der Waals surface area contributed by atoms with Gasteiger partial charge >= 0.3 is 0 Å². The predicted molar refractivity (Wildman–Crippen MR) is 185 cm³/mol. The summed E-state index contributed by atoms with van der Waals surface area (Å²) in [5, 5.41) is 23.5. The number of aliphatic hydroxyl groups excluding tert-OH is 1. The molecule has 5 aromatic carbocycles. The zero-order valence-electron chi connectivity index (χ0n) is 26.8. The van der Waals surface area contributed by atoms with Crippen LogP contribution in [0.2, 0.25) is 0 Å². The molecule has 1 aromatic heterocycles. The second-order valence-electron chi connectivity index (χ2n) is 11.8. The lowest BCUT2D eigenvalue weighted by Gasteiger charge is -2.36. The number of amides is 1. The molecular weight excluding hydrogens is 582 g/mol. The van der Waals surface area contributed by atoms with Gasteiger partial charge in [-0.3, -0.25) is 4.79 Å². The molecule has 1 heterocycles. The normalized spacial score (nSPS) is 12.1. The van der Waals surface area contributed by atoms with Crippen molar-refractivity contribution in [2.45, 2.75) is 44.8 Å². The molecule has 6 aromatic rings. The standard InChI is InChI=1S/C40H39N5O2/c1-3-15-38(47)44(30(2)29-46)28-31-24-26-32(27-25-31)36-22-13-14-23-37(36)39-41-42-43-45(39)40(33-16-7-4-8-17-33,34-18-9-5-10-19-34)35-20-11-6-12-21-35/h4-14,16-27,30,46H,3,15,28-29H2,1-2H3. The van der Waals surface area contributed by atoms with Crippen LogP contribution < -0.4 is 0 Å². The van der Waals surface area contributed by atoms with E-state index in [4.69, 9.17) is 5.21 Å². The first-order chi connectivity index (χ1) is 23.1. The first-order valence-electron chi connectivity index (χ1n) is 16.1. The van der Waals surface area contributed by atoms with Crippen LogP contribution in [0.1, 0.15) is 48.9 Å².